The molecule has 0 bridgehead atoms. The van der Waals surface area contributed by atoms with E-state index in [2.05, 4.69) is 20.3 Å². The Bertz CT molecular complexity index is 1750. The van der Waals surface area contributed by atoms with Crippen LogP contribution in [0, 0.1) is 5.21 Å². The van der Waals surface area contributed by atoms with Gasteiger partial charge in [0.25, 0.3) is 0 Å². The van der Waals surface area contributed by atoms with E-state index in [1.165, 1.54) is 18.0 Å². The van der Waals surface area contributed by atoms with Crippen LogP contribution in [0.15, 0.2) is 67.1 Å². The number of methoxy groups -OCH3 is 1. The second kappa shape index (κ2) is 10.1. The van der Waals surface area contributed by atoms with Crippen molar-refractivity contribution in [2.75, 3.05) is 7.11 Å². The van der Waals surface area contributed by atoms with Gasteiger partial charge in [-0.2, -0.15) is 4.73 Å². The van der Waals surface area contributed by atoms with Gasteiger partial charge in [-0.25, -0.2) is 9.67 Å². The molecule has 5 aromatic rings. The summed E-state index contributed by atoms with van der Waals surface area (Å²) in [6.45, 7) is 0. The molecule has 0 amide bonds. The van der Waals surface area contributed by atoms with E-state index in [4.69, 9.17) is 27.9 Å². The van der Waals surface area contributed by atoms with Crippen molar-refractivity contribution in [2.45, 2.75) is 24.9 Å². The molecule has 12 heteroatoms. The zero-order valence-corrected chi connectivity index (χ0v) is 22.6. The molecule has 3 aromatic heterocycles. The van der Waals surface area contributed by atoms with Crippen molar-refractivity contribution in [1.82, 2.24) is 25.0 Å². The van der Waals surface area contributed by atoms with Crippen LogP contribution in [-0.4, -0.2) is 43.1 Å². The van der Waals surface area contributed by atoms with E-state index in [0.29, 0.717) is 44.2 Å². The smallest absolute Gasteiger partial charge is 0.309 e. The normalized spacial score (nSPS) is 16.2. The molecule has 2 aromatic carbocycles. The number of hydrogen-bond donors (Lipinski definition) is 2. The molecule has 1 unspecified atom stereocenters. The number of carbonyl (C=O) groups excluding carboxylic acids is 1. The van der Waals surface area contributed by atoms with E-state index < -0.39 is 5.60 Å². The molecule has 10 nitrogen and oxygen atoms in total. The number of aromatic amines is 1. The van der Waals surface area contributed by atoms with E-state index in [-0.39, 0.29) is 35.5 Å². The van der Waals surface area contributed by atoms with E-state index in [1.807, 2.05) is 30.3 Å². The molecule has 0 aliphatic heterocycles. The number of aryl methyl sites for hydroxylation is 1. The predicted molar refractivity (Wildman–Crippen MR) is 147 cm³/mol. The molecule has 6 rings (SSSR count). The molecule has 0 spiro atoms. The van der Waals surface area contributed by atoms with Gasteiger partial charge in [0.05, 0.1) is 37.3 Å². The zero-order valence-electron chi connectivity index (χ0n) is 21.1. The second-order valence-corrected chi connectivity index (χ2v) is 10.4. The third-order valence-electron chi connectivity index (χ3n) is 7.05. The van der Waals surface area contributed by atoms with Crippen molar-refractivity contribution in [2.24, 2.45) is 0 Å². The number of H-pyrrole nitrogens is 1. The number of fused-ring (bicyclic) bond motifs is 1. The van der Waals surface area contributed by atoms with Crippen LogP contribution in [0.5, 0.6) is 0 Å². The zero-order chi connectivity index (χ0) is 28.0. The van der Waals surface area contributed by atoms with Crippen molar-refractivity contribution in [1.29, 1.82) is 0 Å². The summed E-state index contributed by atoms with van der Waals surface area (Å²) in [5.41, 5.74) is 3.53. The SMILES string of the molecule is COC(=O)Cc1ccc(-c2cnc(C3(O)CCc4cc(-c5cc(Cl)ccc5-n5cc(Cl)nn5)c[n+]([O-])c43)[nH]2)cc1. The maximum atomic E-state index is 13.4. The Balaban J connectivity index is 1.34. The number of nitrogens with zero attached hydrogens (tertiary/aromatic N) is 5. The number of ether oxygens (including phenoxy) is 1. The summed E-state index contributed by atoms with van der Waals surface area (Å²) in [4.78, 5) is 19.2. The second-order valence-electron chi connectivity index (χ2n) is 9.53. The number of benzene rings is 2. The summed E-state index contributed by atoms with van der Waals surface area (Å²) in [5, 5.41) is 33.8. The van der Waals surface area contributed by atoms with Crippen molar-refractivity contribution in [3.05, 3.63) is 105 Å². The van der Waals surface area contributed by atoms with Gasteiger partial charge in [-0.3, -0.25) is 4.79 Å². The first-order valence-corrected chi connectivity index (χ1v) is 13.1. The molecule has 1 aliphatic rings. The Morgan fingerprint density at radius 2 is 2.00 bits per heavy atom. The number of aliphatic hydroxyl groups is 1. The highest BCUT2D eigenvalue weighted by molar-refractivity contribution is 6.31. The first-order chi connectivity index (χ1) is 19.2. The van der Waals surface area contributed by atoms with Crippen molar-refractivity contribution in [3.63, 3.8) is 0 Å². The van der Waals surface area contributed by atoms with Gasteiger partial charge in [0, 0.05) is 21.7 Å². The van der Waals surface area contributed by atoms with Gasteiger partial charge in [-0.05, 0) is 48.2 Å². The van der Waals surface area contributed by atoms with Crippen molar-refractivity contribution in [3.8, 4) is 28.1 Å². The number of carbonyl (C=O) groups is 1. The van der Waals surface area contributed by atoms with E-state index >= 15 is 0 Å². The average molecular weight is 577 g/mol. The largest absolute Gasteiger partial charge is 0.618 e. The fraction of sp³-hybridized carbons (Fsp3) is 0.179. The molecule has 0 radical (unpaired) electrons. The highest BCUT2D eigenvalue weighted by Gasteiger charge is 2.48. The molecule has 40 heavy (non-hydrogen) atoms. The summed E-state index contributed by atoms with van der Waals surface area (Å²) in [5.74, 6) is -0.0416. The number of pyridine rings is 1. The van der Waals surface area contributed by atoms with Gasteiger partial charge in [-0.1, -0.05) is 52.7 Å². The molecule has 0 fully saturated rings. The standard InChI is InChI=1S/C28H22Cl2N6O4/c1-40-25(37)10-16-2-4-17(5-3-16)22-13-31-27(32-22)28(38)9-8-18-11-19(14-36(39)26(18)28)21-12-20(29)6-7-23(21)35-15-24(30)33-34-35/h2-7,11-15,38H,8-10H2,1H3,(H,31,32). The van der Waals surface area contributed by atoms with Crippen molar-refractivity contribution < 1.29 is 19.4 Å². The Hall–Kier alpha value is -4.25. The Morgan fingerprint density at radius 1 is 1.20 bits per heavy atom. The lowest BCUT2D eigenvalue weighted by atomic mass is 9.98. The van der Waals surface area contributed by atoms with E-state index in [1.54, 1.807) is 30.6 Å². The number of hydrogen-bond acceptors (Lipinski definition) is 7. The molecule has 202 valence electrons. The van der Waals surface area contributed by atoms with E-state index in [0.717, 1.165) is 11.1 Å². The third-order valence-corrected chi connectivity index (χ3v) is 7.46. The van der Waals surface area contributed by atoms with Crippen LogP contribution in [0.25, 0.3) is 28.1 Å². The van der Waals surface area contributed by atoms with Crippen LogP contribution < -0.4 is 4.73 Å². The minimum Gasteiger partial charge on any atom is -0.618 e. The summed E-state index contributed by atoms with van der Waals surface area (Å²) in [7, 11) is 1.35. The molecule has 0 saturated carbocycles. The number of esters is 1. The Labute approximate surface area is 238 Å². The Morgan fingerprint density at radius 3 is 2.73 bits per heavy atom. The van der Waals surface area contributed by atoms with Gasteiger partial charge in [-0.15, -0.1) is 5.10 Å². The summed E-state index contributed by atoms with van der Waals surface area (Å²) in [6.07, 6.45) is 5.51. The molecular formula is C28H22Cl2N6O4. The first-order valence-electron chi connectivity index (χ1n) is 12.3. The lowest BCUT2D eigenvalue weighted by Crippen LogP contribution is -2.42. The van der Waals surface area contributed by atoms with Gasteiger partial charge in [0.1, 0.15) is 5.82 Å². The Kier molecular flexibility index (Phi) is 6.53. The number of halogens is 2. The highest BCUT2D eigenvalue weighted by atomic mass is 35.5. The molecule has 2 N–H and O–H groups in total. The van der Waals surface area contributed by atoms with Gasteiger partial charge < -0.3 is 20.0 Å². The monoisotopic (exact) mass is 576 g/mol. The lowest BCUT2D eigenvalue weighted by molar-refractivity contribution is -0.620. The quantitative estimate of drug-likeness (QED) is 0.176. The molecule has 3 heterocycles. The maximum absolute atomic E-state index is 13.4. The van der Waals surface area contributed by atoms with Gasteiger partial charge in [0.15, 0.2) is 11.3 Å². The number of aromatic nitrogens is 6. The molecular weight excluding hydrogens is 555 g/mol. The predicted octanol–water partition coefficient (Wildman–Crippen LogP) is 4.16. The van der Waals surface area contributed by atoms with Gasteiger partial charge >= 0.3 is 5.97 Å². The molecule has 1 aliphatic carbocycles. The van der Waals surface area contributed by atoms with Gasteiger partial charge in [0.2, 0.25) is 11.3 Å². The number of imidazole rings is 1. The maximum Gasteiger partial charge on any atom is 0.309 e. The summed E-state index contributed by atoms with van der Waals surface area (Å²) < 4.78 is 6.92. The fourth-order valence-corrected chi connectivity index (χ4v) is 5.39. The molecule has 0 saturated heterocycles. The minimum atomic E-state index is -1.60. The van der Waals surface area contributed by atoms with Crippen LogP contribution in [-0.2, 0) is 28.0 Å². The molecule has 1 atom stereocenters. The fourth-order valence-electron chi connectivity index (χ4n) is 5.10. The van der Waals surface area contributed by atoms with Crippen LogP contribution in [0.1, 0.15) is 29.1 Å². The van der Waals surface area contributed by atoms with Crippen molar-refractivity contribution >= 4 is 29.2 Å². The summed E-state index contributed by atoms with van der Waals surface area (Å²) in [6, 6.07) is 14.5. The van der Waals surface area contributed by atoms with Crippen LogP contribution >= 0.6 is 23.2 Å². The van der Waals surface area contributed by atoms with Crippen LogP contribution in [0.4, 0.5) is 0 Å². The number of rotatable bonds is 6. The van der Waals surface area contributed by atoms with Crippen LogP contribution in [0.3, 0.4) is 0 Å². The lowest BCUT2D eigenvalue weighted by Gasteiger charge is -2.20. The van der Waals surface area contributed by atoms with E-state index in [9.17, 15) is 15.1 Å². The minimum absolute atomic E-state index is 0.177. The third kappa shape index (κ3) is 4.60. The summed E-state index contributed by atoms with van der Waals surface area (Å²) >= 11 is 12.3. The topological polar surface area (TPSA) is 133 Å². The highest BCUT2D eigenvalue weighted by Crippen LogP contribution is 2.41. The number of nitrogens with one attached hydrogen (secondary N) is 1. The average Bonchev–Trinajstić information content (AvgIpc) is 3.69. The first kappa shape index (κ1) is 26.0. The van der Waals surface area contributed by atoms with Crippen LogP contribution in [0.2, 0.25) is 10.2 Å².